The number of piperidine rings is 1. The van der Waals surface area contributed by atoms with Crippen LogP contribution in [0.3, 0.4) is 0 Å². The van der Waals surface area contributed by atoms with Crippen LogP contribution in [-0.2, 0) is 9.59 Å². The second-order valence-electron chi connectivity index (χ2n) is 7.53. The predicted molar refractivity (Wildman–Crippen MR) is 102 cm³/mol. The van der Waals surface area contributed by atoms with E-state index in [-0.39, 0.29) is 24.3 Å². The average Bonchev–Trinajstić information content (AvgIpc) is 3.08. The Balaban J connectivity index is 1.54. The average molecular weight is 356 g/mol. The fraction of sp³-hybridized carbons (Fsp3) is 0.550. The molecule has 1 aliphatic heterocycles. The van der Waals surface area contributed by atoms with Crippen molar-refractivity contribution in [2.24, 2.45) is 5.92 Å². The third-order valence-electron chi connectivity index (χ3n) is 4.95. The minimum Gasteiger partial charge on any atom is -0.347 e. The SMILES string of the molecule is CC(C)CCC(=O)NCC(=O)N1CCCC(c2nc3ccccc3[nH]2)C1. The quantitative estimate of drug-likeness (QED) is 0.835. The van der Waals surface area contributed by atoms with Gasteiger partial charge in [-0.25, -0.2) is 4.98 Å². The fourth-order valence-electron chi connectivity index (χ4n) is 3.39. The zero-order chi connectivity index (χ0) is 18.5. The summed E-state index contributed by atoms with van der Waals surface area (Å²) in [6.45, 7) is 5.66. The molecule has 6 heteroatoms. The van der Waals surface area contributed by atoms with E-state index in [0.717, 1.165) is 42.7 Å². The normalized spacial score (nSPS) is 17.7. The van der Waals surface area contributed by atoms with Crippen molar-refractivity contribution in [3.63, 3.8) is 0 Å². The first kappa shape index (κ1) is 18.4. The van der Waals surface area contributed by atoms with Gasteiger partial charge in [0.25, 0.3) is 0 Å². The monoisotopic (exact) mass is 356 g/mol. The molecular formula is C20H28N4O2. The Morgan fingerprint density at radius 3 is 2.92 bits per heavy atom. The largest absolute Gasteiger partial charge is 0.347 e. The number of aromatic amines is 1. The van der Waals surface area contributed by atoms with Crippen LogP contribution in [0.1, 0.15) is 51.3 Å². The van der Waals surface area contributed by atoms with E-state index in [1.165, 1.54) is 0 Å². The smallest absolute Gasteiger partial charge is 0.241 e. The second kappa shape index (κ2) is 8.34. The molecule has 1 aromatic heterocycles. The van der Waals surface area contributed by atoms with Gasteiger partial charge in [-0.2, -0.15) is 0 Å². The maximum Gasteiger partial charge on any atom is 0.241 e. The van der Waals surface area contributed by atoms with Gasteiger partial charge < -0.3 is 15.2 Å². The molecule has 0 aliphatic carbocycles. The van der Waals surface area contributed by atoms with E-state index in [2.05, 4.69) is 29.1 Å². The third-order valence-corrected chi connectivity index (χ3v) is 4.95. The maximum atomic E-state index is 12.5. The minimum atomic E-state index is -0.0436. The summed E-state index contributed by atoms with van der Waals surface area (Å²) in [7, 11) is 0. The first-order valence-corrected chi connectivity index (χ1v) is 9.52. The second-order valence-corrected chi connectivity index (χ2v) is 7.53. The molecule has 0 saturated carbocycles. The van der Waals surface area contributed by atoms with Crippen LogP contribution in [-0.4, -0.2) is 46.3 Å². The molecule has 2 aromatic rings. The van der Waals surface area contributed by atoms with Gasteiger partial charge in [-0.1, -0.05) is 26.0 Å². The van der Waals surface area contributed by atoms with E-state index in [1.807, 2.05) is 29.2 Å². The Labute approximate surface area is 154 Å². The molecule has 1 atom stereocenters. The Bertz CT molecular complexity index is 735. The summed E-state index contributed by atoms with van der Waals surface area (Å²) in [5.41, 5.74) is 1.99. The number of para-hydroxylation sites is 2. The molecular weight excluding hydrogens is 328 g/mol. The Morgan fingerprint density at radius 2 is 2.15 bits per heavy atom. The highest BCUT2D eigenvalue weighted by Crippen LogP contribution is 2.26. The van der Waals surface area contributed by atoms with Gasteiger partial charge in [0.1, 0.15) is 5.82 Å². The molecule has 2 N–H and O–H groups in total. The molecule has 1 saturated heterocycles. The summed E-state index contributed by atoms with van der Waals surface area (Å²) in [5.74, 6) is 1.60. The highest BCUT2D eigenvalue weighted by molar-refractivity contribution is 5.84. The van der Waals surface area contributed by atoms with E-state index >= 15 is 0 Å². The number of amides is 2. The molecule has 0 bridgehead atoms. The molecule has 26 heavy (non-hydrogen) atoms. The number of nitrogens with one attached hydrogen (secondary N) is 2. The van der Waals surface area contributed by atoms with Crippen molar-refractivity contribution in [2.75, 3.05) is 19.6 Å². The molecule has 1 unspecified atom stereocenters. The lowest BCUT2D eigenvalue weighted by molar-refractivity contribution is -0.134. The molecule has 2 heterocycles. The van der Waals surface area contributed by atoms with E-state index < -0.39 is 0 Å². The van der Waals surface area contributed by atoms with Crippen molar-refractivity contribution >= 4 is 22.8 Å². The van der Waals surface area contributed by atoms with Crippen LogP contribution in [0.5, 0.6) is 0 Å². The van der Waals surface area contributed by atoms with E-state index in [4.69, 9.17) is 0 Å². The highest BCUT2D eigenvalue weighted by Gasteiger charge is 2.26. The number of nitrogens with zero attached hydrogens (tertiary/aromatic N) is 2. The van der Waals surface area contributed by atoms with Crippen molar-refractivity contribution in [2.45, 2.75) is 45.4 Å². The van der Waals surface area contributed by atoms with Crippen molar-refractivity contribution < 1.29 is 9.59 Å². The number of hydrogen-bond acceptors (Lipinski definition) is 3. The summed E-state index contributed by atoms with van der Waals surface area (Å²) in [5, 5.41) is 2.76. The number of carbonyl (C=O) groups excluding carboxylic acids is 2. The molecule has 140 valence electrons. The van der Waals surface area contributed by atoms with Crippen LogP contribution in [0.15, 0.2) is 24.3 Å². The van der Waals surface area contributed by atoms with Crippen molar-refractivity contribution in [3.05, 3.63) is 30.1 Å². The number of fused-ring (bicyclic) bond motifs is 1. The highest BCUT2D eigenvalue weighted by atomic mass is 16.2. The number of imidazole rings is 1. The summed E-state index contributed by atoms with van der Waals surface area (Å²) >= 11 is 0. The standard InChI is InChI=1S/C20H28N4O2/c1-14(2)9-10-18(25)21-12-19(26)24-11-5-6-15(13-24)20-22-16-7-3-4-8-17(16)23-20/h3-4,7-8,14-15H,5-6,9-13H2,1-2H3,(H,21,25)(H,22,23). The van der Waals surface area contributed by atoms with E-state index in [9.17, 15) is 9.59 Å². The predicted octanol–water partition coefficient (Wildman–Crippen LogP) is 2.82. The Kier molecular flexibility index (Phi) is 5.91. The number of hydrogen-bond donors (Lipinski definition) is 2. The van der Waals surface area contributed by atoms with Gasteiger partial charge in [-0.15, -0.1) is 0 Å². The van der Waals surface area contributed by atoms with Crippen LogP contribution < -0.4 is 5.32 Å². The first-order valence-electron chi connectivity index (χ1n) is 9.52. The fourth-order valence-corrected chi connectivity index (χ4v) is 3.39. The van der Waals surface area contributed by atoms with Crippen molar-refractivity contribution in [1.82, 2.24) is 20.2 Å². The first-order chi connectivity index (χ1) is 12.5. The van der Waals surface area contributed by atoms with Crippen molar-refractivity contribution in [1.29, 1.82) is 0 Å². The van der Waals surface area contributed by atoms with Gasteiger partial charge in [0.05, 0.1) is 17.6 Å². The number of rotatable bonds is 6. The lowest BCUT2D eigenvalue weighted by Gasteiger charge is -2.32. The molecule has 6 nitrogen and oxygen atoms in total. The molecule has 1 aromatic carbocycles. The summed E-state index contributed by atoms with van der Waals surface area (Å²) < 4.78 is 0. The van der Waals surface area contributed by atoms with E-state index in [0.29, 0.717) is 18.9 Å². The van der Waals surface area contributed by atoms with Crippen LogP contribution in [0, 0.1) is 5.92 Å². The number of benzene rings is 1. The van der Waals surface area contributed by atoms with Gasteiger partial charge in [-0.05, 0) is 37.3 Å². The van der Waals surface area contributed by atoms with Crippen LogP contribution in [0.2, 0.25) is 0 Å². The third kappa shape index (κ3) is 4.62. The molecule has 0 radical (unpaired) electrons. The topological polar surface area (TPSA) is 78.1 Å². The number of carbonyl (C=O) groups is 2. The van der Waals surface area contributed by atoms with Crippen molar-refractivity contribution in [3.8, 4) is 0 Å². The van der Waals surface area contributed by atoms with Gasteiger partial charge >= 0.3 is 0 Å². The Hall–Kier alpha value is -2.37. The number of aromatic nitrogens is 2. The van der Waals surface area contributed by atoms with Gasteiger partial charge in [0.15, 0.2) is 0 Å². The van der Waals surface area contributed by atoms with Crippen LogP contribution >= 0.6 is 0 Å². The molecule has 1 fully saturated rings. The van der Waals surface area contributed by atoms with Crippen LogP contribution in [0.25, 0.3) is 11.0 Å². The zero-order valence-electron chi connectivity index (χ0n) is 15.6. The zero-order valence-corrected chi connectivity index (χ0v) is 15.6. The summed E-state index contributed by atoms with van der Waals surface area (Å²) in [4.78, 5) is 34.2. The molecule has 3 rings (SSSR count). The lowest BCUT2D eigenvalue weighted by Crippen LogP contribution is -2.44. The van der Waals surface area contributed by atoms with Crippen LogP contribution in [0.4, 0.5) is 0 Å². The van der Waals surface area contributed by atoms with Gasteiger partial charge in [0.2, 0.25) is 11.8 Å². The van der Waals surface area contributed by atoms with Gasteiger partial charge in [0, 0.05) is 25.4 Å². The van der Waals surface area contributed by atoms with E-state index in [1.54, 1.807) is 0 Å². The lowest BCUT2D eigenvalue weighted by atomic mass is 9.97. The number of likely N-dealkylation sites (tertiary alicyclic amines) is 1. The Morgan fingerprint density at radius 1 is 1.35 bits per heavy atom. The van der Waals surface area contributed by atoms with Gasteiger partial charge in [-0.3, -0.25) is 9.59 Å². The minimum absolute atomic E-state index is 0.0105. The maximum absolute atomic E-state index is 12.5. The molecule has 1 aliphatic rings. The summed E-state index contributed by atoms with van der Waals surface area (Å²) in [6, 6.07) is 7.98. The molecule has 2 amide bonds. The number of H-pyrrole nitrogens is 1. The molecule has 0 spiro atoms. The summed E-state index contributed by atoms with van der Waals surface area (Å²) in [6.07, 6.45) is 3.30.